The SMILES string of the molecule is CC(=O)Nc1ccc(CN2CCN(CCC(=O)c3ccccc3)CC2)cc1.Cl.Cl. The first kappa shape index (κ1) is 25.1. The molecule has 0 aromatic heterocycles. The van der Waals surface area contributed by atoms with Crippen LogP contribution < -0.4 is 5.32 Å². The number of amides is 1. The molecule has 1 aliphatic rings. The van der Waals surface area contributed by atoms with Crippen LogP contribution in [-0.4, -0.2) is 54.2 Å². The van der Waals surface area contributed by atoms with Crippen molar-refractivity contribution in [3.05, 3.63) is 65.7 Å². The summed E-state index contributed by atoms with van der Waals surface area (Å²) in [5, 5.41) is 2.79. The molecule has 3 rings (SSSR count). The lowest BCUT2D eigenvalue weighted by molar-refractivity contribution is -0.114. The minimum atomic E-state index is -0.0513. The van der Waals surface area contributed by atoms with Crippen LogP contribution in [0.1, 0.15) is 29.3 Å². The van der Waals surface area contributed by atoms with E-state index in [1.807, 2.05) is 42.5 Å². The van der Waals surface area contributed by atoms with E-state index in [2.05, 4.69) is 27.2 Å². The van der Waals surface area contributed by atoms with Gasteiger partial charge in [0.25, 0.3) is 0 Å². The van der Waals surface area contributed by atoms with Crippen molar-refractivity contribution in [2.45, 2.75) is 19.9 Å². The fourth-order valence-corrected chi connectivity index (χ4v) is 3.35. The van der Waals surface area contributed by atoms with E-state index in [-0.39, 0.29) is 36.5 Å². The van der Waals surface area contributed by atoms with E-state index in [0.717, 1.165) is 50.5 Å². The monoisotopic (exact) mass is 437 g/mol. The number of benzene rings is 2. The third-order valence-corrected chi connectivity index (χ3v) is 4.90. The highest BCUT2D eigenvalue weighted by molar-refractivity contribution is 5.96. The number of hydrogen-bond acceptors (Lipinski definition) is 4. The molecule has 0 unspecified atom stereocenters. The zero-order valence-corrected chi connectivity index (χ0v) is 18.3. The predicted molar refractivity (Wildman–Crippen MR) is 122 cm³/mol. The van der Waals surface area contributed by atoms with Gasteiger partial charge in [-0.15, -0.1) is 24.8 Å². The van der Waals surface area contributed by atoms with Crippen LogP contribution in [0.2, 0.25) is 0 Å². The number of ketones is 1. The molecule has 29 heavy (non-hydrogen) atoms. The van der Waals surface area contributed by atoms with Gasteiger partial charge in [0.05, 0.1) is 0 Å². The Kier molecular flexibility index (Phi) is 10.9. The number of anilines is 1. The Morgan fingerprint density at radius 3 is 2.03 bits per heavy atom. The van der Waals surface area contributed by atoms with E-state index in [1.54, 1.807) is 0 Å². The van der Waals surface area contributed by atoms with Crippen LogP contribution in [0, 0.1) is 0 Å². The minimum absolute atomic E-state index is 0. The Bertz CT molecular complexity index is 761. The van der Waals surface area contributed by atoms with Crippen molar-refractivity contribution in [2.24, 2.45) is 0 Å². The number of nitrogens with zero attached hydrogens (tertiary/aromatic N) is 2. The van der Waals surface area contributed by atoms with Gasteiger partial charge in [-0.05, 0) is 17.7 Å². The van der Waals surface area contributed by atoms with Crippen molar-refractivity contribution in [1.82, 2.24) is 9.80 Å². The minimum Gasteiger partial charge on any atom is -0.326 e. The summed E-state index contributed by atoms with van der Waals surface area (Å²) in [5.74, 6) is 0.168. The van der Waals surface area contributed by atoms with Crippen molar-refractivity contribution in [1.29, 1.82) is 0 Å². The summed E-state index contributed by atoms with van der Waals surface area (Å²) in [6.45, 7) is 7.25. The van der Waals surface area contributed by atoms with E-state index >= 15 is 0 Å². The second kappa shape index (κ2) is 12.6. The summed E-state index contributed by atoms with van der Waals surface area (Å²) in [5.41, 5.74) is 2.88. The van der Waals surface area contributed by atoms with Crippen LogP contribution in [0.25, 0.3) is 0 Å². The van der Waals surface area contributed by atoms with E-state index in [0.29, 0.717) is 6.42 Å². The molecule has 1 saturated heterocycles. The Morgan fingerprint density at radius 2 is 1.45 bits per heavy atom. The first-order chi connectivity index (χ1) is 13.1. The molecule has 2 aromatic rings. The normalized spacial score (nSPS) is 14.4. The lowest BCUT2D eigenvalue weighted by Crippen LogP contribution is -2.46. The standard InChI is InChI=1S/C22H27N3O2.2ClH/c1-18(26)23-21-9-7-19(8-10-21)17-25-15-13-24(14-16-25)12-11-22(27)20-5-3-2-4-6-20;;/h2-10H,11-17H2,1H3,(H,23,26);2*1H. The highest BCUT2D eigenvalue weighted by atomic mass is 35.5. The highest BCUT2D eigenvalue weighted by Crippen LogP contribution is 2.13. The van der Waals surface area contributed by atoms with Crippen LogP contribution in [-0.2, 0) is 11.3 Å². The number of nitrogens with one attached hydrogen (secondary N) is 1. The summed E-state index contributed by atoms with van der Waals surface area (Å²) >= 11 is 0. The summed E-state index contributed by atoms with van der Waals surface area (Å²) in [4.78, 5) is 28.1. The van der Waals surface area contributed by atoms with Gasteiger partial charge in [0.2, 0.25) is 5.91 Å². The fraction of sp³-hybridized carbons (Fsp3) is 0.364. The Labute approximate surface area is 185 Å². The number of hydrogen-bond donors (Lipinski definition) is 1. The smallest absolute Gasteiger partial charge is 0.221 e. The first-order valence-corrected chi connectivity index (χ1v) is 9.49. The molecule has 0 spiro atoms. The summed E-state index contributed by atoms with van der Waals surface area (Å²) in [6.07, 6.45) is 0.578. The van der Waals surface area contributed by atoms with Crippen molar-refractivity contribution in [3.8, 4) is 0 Å². The van der Waals surface area contributed by atoms with E-state index in [1.165, 1.54) is 12.5 Å². The van der Waals surface area contributed by atoms with Gasteiger partial charge in [-0.3, -0.25) is 14.5 Å². The molecule has 1 amide bonds. The first-order valence-electron chi connectivity index (χ1n) is 9.49. The lowest BCUT2D eigenvalue weighted by Gasteiger charge is -2.34. The van der Waals surface area contributed by atoms with Crippen LogP contribution in [0.15, 0.2) is 54.6 Å². The zero-order chi connectivity index (χ0) is 19.1. The largest absolute Gasteiger partial charge is 0.326 e. The molecule has 0 bridgehead atoms. The van der Waals surface area contributed by atoms with E-state index in [4.69, 9.17) is 0 Å². The number of Topliss-reactive ketones (excluding diaryl/α,β-unsaturated/α-hetero) is 1. The molecule has 0 atom stereocenters. The summed E-state index contributed by atoms with van der Waals surface area (Å²) < 4.78 is 0. The second-order valence-electron chi connectivity index (χ2n) is 7.04. The van der Waals surface area contributed by atoms with Gasteiger partial charge in [0, 0.05) is 63.9 Å². The predicted octanol–water partition coefficient (Wildman–Crippen LogP) is 3.88. The average Bonchev–Trinajstić information content (AvgIpc) is 2.69. The van der Waals surface area contributed by atoms with Gasteiger partial charge in [-0.25, -0.2) is 0 Å². The molecule has 158 valence electrons. The second-order valence-corrected chi connectivity index (χ2v) is 7.04. The molecule has 1 heterocycles. The molecule has 0 radical (unpaired) electrons. The number of carbonyl (C=O) groups is 2. The number of piperazine rings is 1. The third-order valence-electron chi connectivity index (χ3n) is 4.90. The highest BCUT2D eigenvalue weighted by Gasteiger charge is 2.18. The maximum Gasteiger partial charge on any atom is 0.221 e. The van der Waals surface area contributed by atoms with Gasteiger partial charge in [0.1, 0.15) is 0 Å². The molecule has 7 heteroatoms. The molecular weight excluding hydrogens is 409 g/mol. The van der Waals surface area contributed by atoms with Crippen LogP contribution in [0.5, 0.6) is 0 Å². The Morgan fingerprint density at radius 1 is 0.862 bits per heavy atom. The van der Waals surface area contributed by atoms with Gasteiger partial charge >= 0.3 is 0 Å². The van der Waals surface area contributed by atoms with Crippen LogP contribution >= 0.6 is 24.8 Å². The van der Waals surface area contributed by atoms with Gasteiger partial charge in [-0.2, -0.15) is 0 Å². The topological polar surface area (TPSA) is 52.7 Å². The lowest BCUT2D eigenvalue weighted by atomic mass is 10.1. The van der Waals surface area contributed by atoms with Crippen LogP contribution in [0.3, 0.4) is 0 Å². The summed E-state index contributed by atoms with van der Waals surface area (Å²) in [7, 11) is 0. The maximum atomic E-state index is 12.2. The van der Waals surface area contributed by atoms with Crippen molar-refractivity contribution in [3.63, 3.8) is 0 Å². The number of carbonyl (C=O) groups excluding carboxylic acids is 2. The van der Waals surface area contributed by atoms with Crippen molar-refractivity contribution < 1.29 is 9.59 Å². The van der Waals surface area contributed by atoms with Gasteiger partial charge in [-0.1, -0.05) is 42.5 Å². The van der Waals surface area contributed by atoms with E-state index < -0.39 is 0 Å². The quantitative estimate of drug-likeness (QED) is 0.667. The van der Waals surface area contributed by atoms with Gasteiger partial charge in [0.15, 0.2) is 5.78 Å². The molecule has 0 aliphatic carbocycles. The number of rotatable bonds is 7. The van der Waals surface area contributed by atoms with E-state index in [9.17, 15) is 9.59 Å². The van der Waals surface area contributed by atoms with Crippen molar-refractivity contribution >= 4 is 42.2 Å². The molecular formula is C22H29Cl2N3O2. The Balaban J connectivity index is 0.00000210. The van der Waals surface area contributed by atoms with Gasteiger partial charge < -0.3 is 10.2 Å². The Hall–Kier alpha value is -1.92. The molecule has 1 N–H and O–H groups in total. The molecule has 1 aliphatic heterocycles. The average molecular weight is 438 g/mol. The molecule has 5 nitrogen and oxygen atoms in total. The third kappa shape index (κ3) is 8.15. The van der Waals surface area contributed by atoms with Crippen LogP contribution in [0.4, 0.5) is 5.69 Å². The maximum absolute atomic E-state index is 12.2. The molecule has 1 fully saturated rings. The van der Waals surface area contributed by atoms with Crippen molar-refractivity contribution in [2.75, 3.05) is 38.0 Å². The molecule has 2 aromatic carbocycles. The fourth-order valence-electron chi connectivity index (χ4n) is 3.35. The number of halogens is 2. The molecule has 0 saturated carbocycles. The zero-order valence-electron chi connectivity index (χ0n) is 16.7. The summed E-state index contributed by atoms with van der Waals surface area (Å²) in [6, 6.07) is 17.6.